The van der Waals surface area contributed by atoms with E-state index in [0.29, 0.717) is 13.0 Å². The van der Waals surface area contributed by atoms with Crippen molar-refractivity contribution < 1.29 is 14.3 Å². The average Bonchev–Trinajstić information content (AvgIpc) is 2.85. The van der Waals surface area contributed by atoms with Gasteiger partial charge in [-0.05, 0) is 38.5 Å². The fourth-order valence-electron chi connectivity index (χ4n) is 2.26. The zero-order valence-electron chi connectivity index (χ0n) is 11.9. The normalized spacial score (nSPS) is 16.1. The molecular formula is C15H20N2O3. The minimum absolute atomic E-state index is 0.153. The fraction of sp³-hybridized carbons (Fsp3) is 0.467. The number of esters is 1. The molecule has 0 aromatic heterocycles. The minimum atomic E-state index is -0.417. The molecule has 1 aliphatic heterocycles. The van der Waals surface area contributed by atoms with Crippen molar-refractivity contribution in [3.63, 3.8) is 0 Å². The van der Waals surface area contributed by atoms with Gasteiger partial charge < -0.3 is 15.0 Å². The first-order valence-corrected chi connectivity index (χ1v) is 6.95. The molecule has 20 heavy (non-hydrogen) atoms. The number of anilines is 2. The van der Waals surface area contributed by atoms with E-state index in [9.17, 15) is 9.59 Å². The lowest BCUT2D eigenvalue weighted by Crippen LogP contribution is -2.28. The van der Waals surface area contributed by atoms with Crippen molar-refractivity contribution in [2.75, 3.05) is 23.4 Å². The van der Waals surface area contributed by atoms with E-state index in [4.69, 9.17) is 4.74 Å². The molecule has 1 amide bonds. The Morgan fingerprint density at radius 1 is 1.50 bits per heavy atom. The lowest BCUT2D eigenvalue weighted by molar-refractivity contribution is -0.143. The van der Waals surface area contributed by atoms with Crippen LogP contribution in [0.25, 0.3) is 0 Å². The van der Waals surface area contributed by atoms with Crippen molar-refractivity contribution in [3.05, 3.63) is 24.3 Å². The second-order valence-corrected chi connectivity index (χ2v) is 4.82. The van der Waals surface area contributed by atoms with E-state index in [-0.39, 0.29) is 11.9 Å². The van der Waals surface area contributed by atoms with E-state index in [2.05, 4.69) is 5.32 Å². The molecule has 1 aliphatic rings. The molecule has 1 saturated heterocycles. The third-order valence-corrected chi connectivity index (χ3v) is 3.25. The first kappa shape index (κ1) is 14.4. The quantitative estimate of drug-likeness (QED) is 0.837. The third kappa shape index (κ3) is 3.29. The number of carbonyl (C=O) groups is 2. The number of hydrogen-bond acceptors (Lipinski definition) is 4. The Bertz CT molecular complexity index is 502. The summed E-state index contributed by atoms with van der Waals surface area (Å²) in [6.45, 7) is 4.67. The summed E-state index contributed by atoms with van der Waals surface area (Å²) in [7, 11) is 0. The van der Waals surface area contributed by atoms with Gasteiger partial charge in [0.05, 0.1) is 6.61 Å². The molecule has 1 heterocycles. The van der Waals surface area contributed by atoms with E-state index >= 15 is 0 Å². The summed E-state index contributed by atoms with van der Waals surface area (Å²) < 4.78 is 4.96. The van der Waals surface area contributed by atoms with Crippen LogP contribution < -0.4 is 10.2 Å². The predicted molar refractivity (Wildman–Crippen MR) is 77.7 cm³/mol. The standard InChI is InChI=1S/C15H20N2O3/c1-3-20-15(19)11(2)16-12-6-4-7-13(10-12)17-9-5-8-14(17)18/h4,6-7,10-11,16H,3,5,8-9H2,1-2H3/t11-/m1/s1. The van der Waals surface area contributed by atoms with E-state index in [1.807, 2.05) is 24.3 Å². The summed E-state index contributed by atoms with van der Waals surface area (Å²) in [5.74, 6) is -0.129. The number of hydrogen-bond donors (Lipinski definition) is 1. The molecule has 108 valence electrons. The van der Waals surface area contributed by atoms with Gasteiger partial charge in [0.25, 0.3) is 0 Å². The molecule has 1 atom stereocenters. The van der Waals surface area contributed by atoms with Crippen LogP contribution in [0.5, 0.6) is 0 Å². The second kappa shape index (κ2) is 6.41. The van der Waals surface area contributed by atoms with Gasteiger partial charge in [-0.1, -0.05) is 6.07 Å². The zero-order valence-corrected chi connectivity index (χ0v) is 11.9. The van der Waals surface area contributed by atoms with Gasteiger partial charge in [0.1, 0.15) is 6.04 Å². The van der Waals surface area contributed by atoms with Crippen molar-refractivity contribution in [1.82, 2.24) is 0 Å². The Labute approximate surface area is 118 Å². The Balaban J connectivity index is 2.06. The molecule has 1 fully saturated rings. The van der Waals surface area contributed by atoms with Crippen LogP contribution >= 0.6 is 0 Å². The van der Waals surface area contributed by atoms with Crippen LogP contribution in [0.3, 0.4) is 0 Å². The number of ether oxygens (including phenoxy) is 1. The van der Waals surface area contributed by atoms with Gasteiger partial charge in [-0.15, -0.1) is 0 Å². The summed E-state index contributed by atoms with van der Waals surface area (Å²) in [6, 6.07) is 7.13. The first-order valence-electron chi connectivity index (χ1n) is 6.95. The Morgan fingerprint density at radius 2 is 2.30 bits per heavy atom. The number of carbonyl (C=O) groups excluding carboxylic acids is 2. The van der Waals surface area contributed by atoms with Gasteiger partial charge in [-0.3, -0.25) is 4.79 Å². The lowest BCUT2D eigenvalue weighted by atomic mass is 10.2. The van der Waals surface area contributed by atoms with Crippen LogP contribution in [0.2, 0.25) is 0 Å². The summed E-state index contributed by atoms with van der Waals surface area (Å²) in [4.78, 5) is 25.1. The highest BCUT2D eigenvalue weighted by Gasteiger charge is 2.22. The van der Waals surface area contributed by atoms with Crippen LogP contribution in [-0.2, 0) is 14.3 Å². The average molecular weight is 276 g/mol. The smallest absolute Gasteiger partial charge is 0.328 e. The Kier molecular flexibility index (Phi) is 4.61. The fourth-order valence-corrected chi connectivity index (χ4v) is 2.26. The monoisotopic (exact) mass is 276 g/mol. The zero-order chi connectivity index (χ0) is 14.5. The highest BCUT2D eigenvalue weighted by Crippen LogP contribution is 2.24. The molecule has 1 N–H and O–H groups in total. The van der Waals surface area contributed by atoms with Crippen LogP contribution in [0.1, 0.15) is 26.7 Å². The number of nitrogens with zero attached hydrogens (tertiary/aromatic N) is 1. The molecule has 0 spiro atoms. The number of benzene rings is 1. The highest BCUT2D eigenvalue weighted by molar-refractivity contribution is 5.95. The van der Waals surface area contributed by atoms with Crippen molar-refractivity contribution in [3.8, 4) is 0 Å². The van der Waals surface area contributed by atoms with E-state index in [1.165, 1.54) is 0 Å². The maximum Gasteiger partial charge on any atom is 0.328 e. The predicted octanol–water partition coefficient (Wildman–Crippen LogP) is 2.18. The SMILES string of the molecule is CCOC(=O)[C@@H](C)Nc1cccc(N2CCCC2=O)c1. The number of amides is 1. The molecule has 1 aromatic rings. The van der Waals surface area contributed by atoms with Crippen LogP contribution in [0, 0.1) is 0 Å². The molecular weight excluding hydrogens is 256 g/mol. The molecule has 5 heteroatoms. The van der Waals surface area contributed by atoms with Gasteiger partial charge in [0, 0.05) is 24.3 Å². The third-order valence-electron chi connectivity index (χ3n) is 3.25. The molecule has 0 aliphatic carbocycles. The van der Waals surface area contributed by atoms with Gasteiger partial charge in [-0.25, -0.2) is 4.79 Å². The van der Waals surface area contributed by atoms with Crippen molar-refractivity contribution in [2.45, 2.75) is 32.7 Å². The van der Waals surface area contributed by atoms with Gasteiger partial charge in [-0.2, -0.15) is 0 Å². The molecule has 0 unspecified atom stereocenters. The van der Waals surface area contributed by atoms with Crippen molar-refractivity contribution in [1.29, 1.82) is 0 Å². The molecule has 5 nitrogen and oxygen atoms in total. The molecule has 0 saturated carbocycles. The Hall–Kier alpha value is -2.04. The van der Waals surface area contributed by atoms with Crippen LogP contribution in [0.15, 0.2) is 24.3 Å². The maximum absolute atomic E-state index is 11.7. The lowest BCUT2D eigenvalue weighted by Gasteiger charge is -2.18. The van der Waals surface area contributed by atoms with Gasteiger partial charge >= 0.3 is 5.97 Å². The summed E-state index contributed by atoms with van der Waals surface area (Å²) >= 11 is 0. The van der Waals surface area contributed by atoms with E-state index < -0.39 is 6.04 Å². The number of rotatable bonds is 5. The summed E-state index contributed by atoms with van der Waals surface area (Å²) in [5.41, 5.74) is 1.68. The highest BCUT2D eigenvalue weighted by atomic mass is 16.5. The van der Waals surface area contributed by atoms with Crippen molar-refractivity contribution >= 4 is 23.3 Å². The molecule has 2 rings (SSSR count). The first-order chi connectivity index (χ1) is 9.61. The van der Waals surface area contributed by atoms with Crippen molar-refractivity contribution in [2.24, 2.45) is 0 Å². The second-order valence-electron chi connectivity index (χ2n) is 4.82. The molecule has 0 bridgehead atoms. The Morgan fingerprint density at radius 3 is 2.95 bits per heavy atom. The van der Waals surface area contributed by atoms with E-state index in [0.717, 1.165) is 24.3 Å². The summed E-state index contributed by atoms with van der Waals surface area (Å²) in [5, 5.41) is 3.09. The maximum atomic E-state index is 11.7. The minimum Gasteiger partial charge on any atom is -0.464 e. The molecule has 1 aromatic carbocycles. The summed E-state index contributed by atoms with van der Waals surface area (Å²) in [6.07, 6.45) is 1.51. The molecule has 0 radical (unpaired) electrons. The largest absolute Gasteiger partial charge is 0.464 e. The van der Waals surface area contributed by atoms with Gasteiger partial charge in [0.2, 0.25) is 5.91 Å². The van der Waals surface area contributed by atoms with Crippen LogP contribution in [0.4, 0.5) is 11.4 Å². The van der Waals surface area contributed by atoms with Gasteiger partial charge in [0.15, 0.2) is 0 Å². The topological polar surface area (TPSA) is 58.6 Å². The number of nitrogens with one attached hydrogen (secondary N) is 1. The van der Waals surface area contributed by atoms with E-state index in [1.54, 1.807) is 18.7 Å². The van der Waals surface area contributed by atoms with Crippen LogP contribution in [-0.4, -0.2) is 31.1 Å².